The third kappa shape index (κ3) is 4.10. The highest BCUT2D eigenvalue weighted by Gasteiger charge is 2.34. The van der Waals surface area contributed by atoms with E-state index in [1.165, 1.54) is 4.31 Å². The minimum atomic E-state index is -3.44. The maximum Gasteiger partial charge on any atom is 0.227 e. The molecule has 5 nitrogen and oxygen atoms in total. The van der Waals surface area contributed by atoms with Crippen LogP contribution in [-0.4, -0.2) is 49.7 Å². The van der Waals surface area contributed by atoms with Crippen LogP contribution in [-0.2, 0) is 20.6 Å². The highest BCUT2D eigenvalue weighted by molar-refractivity contribution is 7.88. The Labute approximate surface area is 148 Å². The van der Waals surface area contributed by atoms with E-state index in [0.29, 0.717) is 23.7 Å². The molecule has 1 amide bonds. The Hall–Kier alpha value is -1.11. The third-order valence-electron chi connectivity index (χ3n) is 4.78. The molecular formula is C17H23ClN2O3S. The zero-order valence-corrected chi connectivity index (χ0v) is 15.2. The number of halogens is 1. The zero-order chi connectivity index (χ0) is 17.2. The molecule has 2 fully saturated rings. The van der Waals surface area contributed by atoms with Gasteiger partial charge in [-0.1, -0.05) is 23.7 Å². The molecule has 0 N–H and O–H groups in total. The van der Waals surface area contributed by atoms with Crippen molar-refractivity contribution in [2.75, 3.05) is 26.2 Å². The third-order valence-corrected chi connectivity index (χ3v) is 6.83. The van der Waals surface area contributed by atoms with Crippen LogP contribution >= 0.6 is 11.6 Å². The number of nitrogens with zero attached hydrogens (tertiary/aromatic N) is 2. The summed E-state index contributed by atoms with van der Waals surface area (Å²) in [5, 5.41) is 0.531. The van der Waals surface area contributed by atoms with Crippen LogP contribution in [0.25, 0.3) is 0 Å². The first-order valence-corrected chi connectivity index (χ1v) is 10.5. The van der Waals surface area contributed by atoms with Crippen molar-refractivity contribution >= 4 is 27.5 Å². The highest BCUT2D eigenvalue weighted by Crippen LogP contribution is 2.25. The predicted molar refractivity (Wildman–Crippen MR) is 94.2 cm³/mol. The molecule has 2 heterocycles. The van der Waals surface area contributed by atoms with Gasteiger partial charge in [-0.25, -0.2) is 12.7 Å². The van der Waals surface area contributed by atoms with Crippen molar-refractivity contribution in [3.63, 3.8) is 0 Å². The average molecular weight is 371 g/mol. The molecule has 0 aromatic heterocycles. The molecule has 132 valence electrons. The number of carbonyl (C=O) groups excluding carboxylic acids is 1. The SMILES string of the molecule is O=C([C@@H]1CCCN(S(=O)(=O)Cc2cccc(Cl)c2)C1)N1CCCC1. The monoisotopic (exact) mass is 370 g/mol. The number of likely N-dealkylation sites (tertiary alicyclic amines) is 1. The van der Waals surface area contributed by atoms with Gasteiger partial charge in [0, 0.05) is 31.2 Å². The van der Waals surface area contributed by atoms with E-state index in [4.69, 9.17) is 11.6 Å². The Morgan fingerprint density at radius 2 is 1.92 bits per heavy atom. The molecule has 0 radical (unpaired) electrons. The van der Waals surface area contributed by atoms with Crippen molar-refractivity contribution < 1.29 is 13.2 Å². The van der Waals surface area contributed by atoms with Crippen molar-refractivity contribution in [3.05, 3.63) is 34.9 Å². The van der Waals surface area contributed by atoms with Gasteiger partial charge in [0.2, 0.25) is 15.9 Å². The van der Waals surface area contributed by atoms with Gasteiger partial charge in [0.05, 0.1) is 11.7 Å². The van der Waals surface area contributed by atoms with Gasteiger partial charge in [0.25, 0.3) is 0 Å². The number of benzene rings is 1. The van der Waals surface area contributed by atoms with Crippen molar-refractivity contribution in [1.82, 2.24) is 9.21 Å². The van der Waals surface area contributed by atoms with Crippen LogP contribution in [0.3, 0.4) is 0 Å². The Kier molecular flexibility index (Phi) is 5.47. The van der Waals surface area contributed by atoms with Gasteiger partial charge in [-0.2, -0.15) is 0 Å². The Bertz CT molecular complexity index is 702. The normalized spacial score (nSPS) is 22.7. The average Bonchev–Trinajstić information content (AvgIpc) is 3.08. The van der Waals surface area contributed by atoms with E-state index < -0.39 is 10.0 Å². The summed E-state index contributed by atoms with van der Waals surface area (Å²) in [6.45, 7) is 2.42. The summed E-state index contributed by atoms with van der Waals surface area (Å²) >= 11 is 5.94. The molecule has 7 heteroatoms. The molecule has 0 saturated carbocycles. The van der Waals surface area contributed by atoms with E-state index in [0.717, 1.165) is 38.8 Å². The van der Waals surface area contributed by atoms with Crippen LogP contribution in [0.15, 0.2) is 24.3 Å². The molecule has 0 unspecified atom stereocenters. The van der Waals surface area contributed by atoms with E-state index in [1.54, 1.807) is 24.3 Å². The number of sulfonamides is 1. The summed E-state index contributed by atoms with van der Waals surface area (Å²) in [5.74, 6) is -0.154. The van der Waals surface area contributed by atoms with E-state index in [-0.39, 0.29) is 17.6 Å². The molecule has 1 atom stereocenters. The number of carbonyl (C=O) groups is 1. The molecule has 2 aliphatic heterocycles. The summed E-state index contributed by atoms with van der Waals surface area (Å²) in [6.07, 6.45) is 3.61. The van der Waals surface area contributed by atoms with E-state index >= 15 is 0 Å². The maximum absolute atomic E-state index is 12.7. The first kappa shape index (κ1) is 17.7. The first-order chi connectivity index (χ1) is 11.5. The largest absolute Gasteiger partial charge is 0.342 e. The summed E-state index contributed by atoms with van der Waals surface area (Å²) in [6, 6.07) is 6.92. The summed E-state index contributed by atoms with van der Waals surface area (Å²) in [4.78, 5) is 14.4. The minimum Gasteiger partial charge on any atom is -0.342 e. The van der Waals surface area contributed by atoms with Crippen LogP contribution < -0.4 is 0 Å². The molecule has 1 aromatic carbocycles. The number of hydrogen-bond acceptors (Lipinski definition) is 3. The Morgan fingerprint density at radius 1 is 1.17 bits per heavy atom. The summed E-state index contributed by atoms with van der Waals surface area (Å²) in [7, 11) is -3.44. The van der Waals surface area contributed by atoms with Crippen LogP contribution in [0.1, 0.15) is 31.2 Å². The lowest BCUT2D eigenvalue weighted by Crippen LogP contribution is -2.46. The summed E-state index contributed by atoms with van der Waals surface area (Å²) < 4.78 is 26.9. The fourth-order valence-corrected chi connectivity index (χ4v) is 5.33. The van der Waals surface area contributed by atoms with Crippen LogP contribution in [0.2, 0.25) is 5.02 Å². The van der Waals surface area contributed by atoms with E-state index in [1.807, 2.05) is 4.90 Å². The molecule has 24 heavy (non-hydrogen) atoms. The second-order valence-electron chi connectivity index (χ2n) is 6.62. The molecule has 2 saturated heterocycles. The van der Waals surface area contributed by atoms with Crippen LogP contribution in [0.5, 0.6) is 0 Å². The van der Waals surface area contributed by atoms with Gasteiger partial charge in [0.1, 0.15) is 0 Å². The zero-order valence-electron chi connectivity index (χ0n) is 13.7. The molecular weight excluding hydrogens is 348 g/mol. The van der Waals surface area contributed by atoms with Gasteiger partial charge in [-0.15, -0.1) is 0 Å². The smallest absolute Gasteiger partial charge is 0.227 e. The van der Waals surface area contributed by atoms with Gasteiger partial charge < -0.3 is 4.90 Å². The van der Waals surface area contributed by atoms with E-state index in [9.17, 15) is 13.2 Å². The summed E-state index contributed by atoms with van der Waals surface area (Å²) in [5.41, 5.74) is 0.676. The lowest BCUT2D eigenvalue weighted by molar-refractivity contribution is -0.135. The van der Waals surface area contributed by atoms with Gasteiger partial charge >= 0.3 is 0 Å². The molecule has 0 bridgehead atoms. The number of hydrogen-bond donors (Lipinski definition) is 0. The van der Waals surface area contributed by atoms with Gasteiger partial charge in [-0.05, 0) is 43.4 Å². The van der Waals surface area contributed by atoms with Crippen LogP contribution in [0.4, 0.5) is 0 Å². The second kappa shape index (κ2) is 7.42. The lowest BCUT2D eigenvalue weighted by atomic mass is 9.98. The topological polar surface area (TPSA) is 57.7 Å². The second-order valence-corrected chi connectivity index (χ2v) is 9.02. The highest BCUT2D eigenvalue weighted by atomic mass is 35.5. The standard InChI is InChI=1S/C17H23ClN2O3S/c18-16-7-3-5-14(11-16)13-24(22,23)20-10-4-6-15(12-20)17(21)19-8-1-2-9-19/h3,5,7,11,15H,1-2,4,6,8-10,12-13H2/t15-/m1/s1. The van der Waals surface area contributed by atoms with Crippen LogP contribution in [0, 0.1) is 5.92 Å². The Morgan fingerprint density at radius 3 is 2.62 bits per heavy atom. The molecule has 0 spiro atoms. The predicted octanol–water partition coefficient (Wildman–Crippen LogP) is 2.50. The number of amides is 1. The minimum absolute atomic E-state index is 0.0712. The molecule has 2 aliphatic rings. The van der Waals surface area contributed by atoms with E-state index in [2.05, 4.69) is 0 Å². The first-order valence-electron chi connectivity index (χ1n) is 8.47. The fraction of sp³-hybridized carbons (Fsp3) is 0.588. The Balaban J connectivity index is 1.67. The van der Waals surface area contributed by atoms with Crippen molar-refractivity contribution in [1.29, 1.82) is 0 Å². The van der Waals surface area contributed by atoms with Gasteiger partial charge in [-0.3, -0.25) is 4.79 Å². The van der Waals surface area contributed by atoms with Crippen molar-refractivity contribution in [2.45, 2.75) is 31.4 Å². The number of rotatable bonds is 4. The molecule has 0 aliphatic carbocycles. The van der Waals surface area contributed by atoms with Crippen molar-refractivity contribution in [2.24, 2.45) is 5.92 Å². The molecule has 3 rings (SSSR count). The lowest BCUT2D eigenvalue weighted by Gasteiger charge is -2.33. The number of piperidine rings is 1. The van der Waals surface area contributed by atoms with Crippen molar-refractivity contribution in [3.8, 4) is 0 Å². The molecule has 1 aromatic rings. The maximum atomic E-state index is 12.7. The quantitative estimate of drug-likeness (QED) is 0.818. The fourth-order valence-electron chi connectivity index (χ4n) is 3.52. The van der Waals surface area contributed by atoms with Gasteiger partial charge in [0.15, 0.2) is 0 Å².